The van der Waals surface area contributed by atoms with E-state index in [-0.39, 0.29) is 6.01 Å². The van der Waals surface area contributed by atoms with E-state index in [2.05, 4.69) is 9.97 Å². The van der Waals surface area contributed by atoms with Crippen LogP contribution < -0.4 is 5.73 Å². The highest BCUT2D eigenvalue weighted by molar-refractivity contribution is 5.69. The van der Waals surface area contributed by atoms with Crippen LogP contribution in [0.4, 0.5) is 6.01 Å². The number of nitrogen functional groups attached to an aromatic ring is 1. The van der Waals surface area contributed by atoms with E-state index in [1.54, 1.807) is 0 Å². The van der Waals surface area contributed by atoms with Crippen LogP contribution >= 0.6 is 0 Å². The third-order valence-corrected chi connectivity index (χ3v) is 1.69. The van der Waals surface area contributed by atoms with Gasteiger partial charge in [0.15, 0.2) is 5.58 Å². The van der Waals surface area contributed by atoms with Gasteiger partial charge in [-0.2, -0.15) is 4.98 Å². The third-order valence-electron chi connectivity index (χ3n) is 1.69. The molecule has 76 valence electrons. The summed E-state index contributed by atoms with van der Waals surface area (Å²) in [7, 11) is 0. The van der Waals surface area contributed by atoms with Crippen molar-refractivity contribution >= 4 is 17.2 Å². The van der Waals surface area contributed by atoms with E-state index in [9.17, 15) is 0 Å². The molecule has 0 aliphatic heterocycles. The van der Waals surface area contributed by atoms with Gasteiger partial charge in [-0.3, -0.25) is 0 Å². The summed E-state index contributed by atoms with van der Waals surface area (Å²) in [6, 6.07) is 3.92. The third kappa shape index (κ3) is 2.02. The monoisotopic (exact) mass is 193 g/mol. The minimum absolute atomic E-state index is 0.172. The Morgan fingerprint density at radius 3 is 2.64 bits per heavy atom. The Morgan fingerprint density at radius 1 is 1.29 bits per heavy atom. The van der Waals surface area contributed by atoms with Crippen LogP contribution in [0.25, 0.3) is 11.2 Å². The Labute approximate surface area is 83.2 Å². The molecule has 0 aromatic carbocycles. The molecule has 0 fully saturated rings. The minimum Gasteiger partial charge on any atom is -0.422 e. The molecule has 2 aromatic heterocycles. The molecule has 0 aliphatic rings. The lowest BCUT2D eigenvalue weighted by Crippen LogP contribution is -1.86. The fraction of sp³-hybridized carbons (Fsp3) is 0.400. The van der Waals surface area contributed by atoms with Gasteiger partial charge < -0.3 is 10.2 Å². The predicted octanol–water partition coefficient (Wildman–Crippen LogP) is 2.39. The van der Waals surface area contributed by atoms with Gasteiger partial charge in [-0.1, -0.05) is 20.8 Å². The fourth-order valence-corrected chi connectivity index (χ4v) is 1.07. The second kappa shape index (κ2) is 4.60. The second-order valence-electron chi connectivity index (χ2n) is 2.53. The molecule has 2 N–H and O–H groups in total. The van der Waals surface area contributed by atoms with Crippen LogP contribution in [-0.4, -0.2) is 9.97 Å². The molecule has 0 unspecified atom stereocenters. The molecule has 0 saturated heterocycles. The molecule has 2 aromatic rings. The van der Waals surface area contributed by atoms with Crippen molar-refractivity contribution in [2.24, 2.45) is 0 Å². The molecule has 0 spiro atoms. The standard InChI is InChI=1S/C8H9N3O.C2H6/c1-2-5-3-4-6-7(10-5)11-8(9)12-6;1-2/h3-4H,2H2,1H3,(H2,9,10,11);1-2H3. The Morgan fingerprint density at radius 2 is 2.00 bits per heavy atom. The SMILES string of the molecule is CC.CCc1ccc2oc(N)nc2n1. The molecule has 14 heavy (non-hydrogen) atoms. The highest BCUT2D eigenvalue weighted by Crippen LogP contribution is 2.14. The molecule has 4 nitrogen and oxygen atoms in total. The molecular weight excluding hydrogens is 178 g/mol. The van der Waals surface area contributed by atoms with Gasteiger partial charge in [-0.05, 0) is 18.6 Å². The molecule has 0 bridgehead atoms. The first-order chi connectivity index (χ1) is 6.79. The smallest absolute Gasteiger partial charge is 0.294 e. The van der Waals surface area contributed by atoms with E-state index < -0.39 is 0 Å². The summed E-state index contributed by atoms with van der Waals surface area (Å²) in [5.74, 6) is 0. The second-order valence-corrected chi connectivity index (χ2v) is 2.53. The topological polar surface area (TPSA) is 64.9 Å². The molecule has 0 atom stereocenters. The number of nitrogens with zero attached hydrogens (tertiary/aromatic N) is 2. The highest BCUT2D eigenvalue weighted by atomic mass is 16.4. The van der Waals surface area contributed by atoms with E-state index in [1.807, 2.05) is 32.9 Å². The van der Waals surface area contributed by atoms with Crippen molar-refractivity contribution < 1.29 is 4.42 Å². The molecular formula is C10H15N3O. The summed E-state index contributed by atoms with van der Waals surface area (Å²) in [6.07, 6.45) is 0.892. The zero-order chi connectivity index (χ0) is 10.6. The number of aryl methyl sites for hydroxylation is 1. The molecule has 4 heteroatoms. The molecule has 0 amide bonds. The van der Waals surface area contributed by atoms with Gasteiger partial charge >= 0.3 is 0 Å². The van der Waals surface area contributed by atoms with Gasteiger partial charge in [-0.15, -0.1) is 0 Å². The van der Waals surface area contributed by atoms with E-state index in [4.69, 9.17) is 10.2 Å². The summed E-state index contributed by atoms with van der Waals surface area (Å²) in [6.45, 7) is 6.04. The van der Waals surface area contributed by atoms with Crippen molar-refractivity contribution in [1.82, 2.24) is 9.97 Å². The maximum atomic E-state index is 5.36. The summed E-state index contributed by atoms with van der Waals surface area (Å²) in [4.78, 5) is 8.15. The van der Waals surface area contributed by atoms with Crippen molar-refractivity contribution in [2.75, 3.05) is 5.73 Å². The molecule has 2 heterocycles. The number of nitrogens with two attached hydrogens (primary N) is 1. The number of aromatic nitrogens is 2. The molecule has 0 radical (unpaired) electrons. The lowest BCUT2D eigenvalue weighted by molar-refractivity contribution is 0.626. The maximum absolute atomic E-state index is 5.36. The van der Waals surface area contributed by atoms with Crippen LogP contribution in [0.15, 0.2) is 16.5 Å². The van der Waals surface area contributed by atoms with E-state index >= 15 is 0 Å². The maximum Gasteiger partial charge on any atom is 0.294 e. The first kappa shape index (κ1) is 10.5. The zero-order valence-corrected chi connectivity index (χ0v) is 8.74. The predicted molar refractivity (Wildman–Crippen MR) is 56.9 cm³/mol. The fourth-order valence-electron chi connectivity index (χ4n) is 1.07. The number of rotatable bonds is 1. The number of hydrogen-bond donors (Lipinski definition) is 1. The first-order valence-corrected chi connectivity index (χ1v) is 4.81. The number of fused-ring (bicyclic) bond motifs is 1. The highest BCUT2D eigenvalue weighted by Gasteiger charge is 2.03. The number of pyridine rings is 1. The van der Waals surface area contributed by atoms with E-state index in [1.165, 1.54) is 0 Å². The van der Waals surface area contributed by atoms with Crippen LogP contribution in [0, 0.1) is 0 Å². The van der Waals surface area contributed by atoms with Crippen molar-refractivity contribution in [1.29, 1.82) is 0 Å². The van der Waals surface area contributed by atoms with Crippen molar-refractivity contribution in [2.45, 2.75) is 27.2 Å². The van der Waals surface area contributed by atoms with Crippen LogP contribution in [0.5, 0.6) is 0 Å². The van der Waals surface area contributed by atoms with Crippen LogP contribution in [0.1, 0.15) is 26.5 Å². The lowest BCUT2D eigenvalue weighted by atomic mass is 10.3. The van der Waals surface area contributed by atoms with E-state index in [0.29, 0.717) is 11.2 Å². The van der Waals surface area contributed by atoms with Gasteiger partial charge in [0.1, 0.15) is 0 Å². The number of anilines is 1. The van der Waals surface area contributed by atoms with Crippen molar-refractivity contribution in [3.63, 3.8) is 0 Å². The Bertz CT molecular complexity index is 409. The number of oxazole rings is 1. The molecule has 2 rings (SSSR count). The van der Waals surface area contributed by atoms with Gasteiger partial charge in [0.05, 0.1) is 0 Å². The van der Waals surface area contributed by atoms with Gasteiger partial charge in [-0.25, -0.2) is 4.98 Å². The Kier molecular flexibility index (Phi) is 3.45. The molecule has 0 saturated carbocycles. The van der Waals surface area contributed by atoms with E-state index in [0.717, 1.165) is 12.1 Å². The summed E-state index contributed by atoms with van der Waals surface area (Å²) in [5, 5.41) is 0. The Hall–Kier alpha value is -1.58. The largest absolute Gasteiger partial charge is 0.422 e. The van der Waals surface area contributed by atoms with Crippen LogP contribution in [0.2, 0.25) is 0 Å². The zero-order valence-electron chi connectivity index (χ0n) is 8.74. The normalized spacial score (nSPS) is 9.64. The van der Waals surface area contributed by atoms with Crippen LogP contribution in [0.3, 0.4) is 0 Å². The lowest BCUT2D eigenvalue weighted by Gasteiger charge is -1.91. The van der Waals surface area contributed by atoms with Crippen molar-refractivity contribution in [3.05, 3.63) is 17.8 Å². The summed E-state index contributed by atoms with van der Waals surface area (Å²) >= 11 is 0. The van der Waals surface area contributed by atoms with Crippen LogP contribution in [-0.2, 0) is 6.42 Å². The summed E-state index contributed by atoms with van der Waals surface area (Å²) in [5.41, 5.74) is 7.59. The summed E-state index contributed by atoms with van der Waals surface area (Å²) < 4.78 is 5.07. The first-order valence-electron chi connectivity index (χ1n) is 4.81. The quantitative estimate of drug-likeness (QED) is 0.755. The number of hydrogen-bond acceptors (Lipinski definition) is 4. The molecule has 0 aliphatic carbocycles. The average molecular weight is 193 g/mol. The van der Waals surface area contributed by atoms with Gasteiger partial charge in [0.2, 0.25) is 5.65 Å². The van der Waals surface area contributed by atoms with Crippen molar-refractivity contribution in [3.8, 4) is 0 Å². The Balaban J connectivity index is 0.000000461. The minimum atomic E-state index is 0.172. The van der Waals surface area contributed by atoms with Gasteiger partial charge in [0.25, 0.3) is 6.01 Å². The average Bonchev–Trinajstić information content (AvgIpc) is 2.59. The van der Waals surface area contributed by atoms with Gasteiger partial charge in [0, 0.05) is 5.69 Å².